The minimum atomic E-state index is -0.711. The molecule has 1 heterocycles. The lowest BCUT2D eigenvalue weighted by molar-refractivity contribution is -0.139. The molecule has 1 aliphatic heterocycles. The first-order chi connectivity index (χ1) is 13.9. The molecule has 0 N–H and O–H groups in total. The topological polar surface area (TPSA) is 46.6 Å². The highest BCUT2D eigenvalue weighted by Gasteiger charge is 2.37. The Morgan fingerprint density at radius 1 is 1.31 bits per heavy atom. The van der Waals surface area contributed by atoms with Gasteiger partial charge in [-0.3, -0.25) is 4.79 Å². The lowest BCUT2D eigenvalue weighted by Gasteiger charge is -2.34. The van der Waals surface area contributed by atoms with E-state index in [0.29, 0.717) is 16.3 Å². The van der Waals surface area contributed by atoms with Gasteiger partial charge in [0, 0.05) is 23.1 Å². The van der Waals surface area contributed by atoms with Crippen LogP contribution in [0.1, 0.15) is 30.4 Å². The van der Waals surface area contributed by atoms with Crippen LogP contribution < -0.4 is 0 Å². The number of hydrogen-bond donors (Lipinski definition) is 0. The van der Waals surface area contributed by atoms with E-state index >= 15 is 0 Å². The minimum absolute atomic E-state index is 0.0296. The van der Waals surface area contributed by atoms with Crippen LogP contribution in [-0.2, 0) is 20.9 Å². The number of rotatable bonds is 6. The number of carbonyl (C=O) groups is 2. The molecule has 29 heavy (non-hydrogen) atoms. The minimum Gasteiger partial charge on any atom is -0.458 e. The Balaban J connectivity index is 2.04. The second kappa shape index (κ2) is 9.05. The van der Waals surface area contributed by atoms with E-state index in [2.05, 4.69) is 6.58 Å². The van der Waals surface area contributed by atoms with Gasteiger partial charge in [0.2, 0.25) is 5.91 Å². The van der Waals surface area contributed by atoms with E-state index in [1.807, 2.05) is 6.07 Å². The third-order valence-electron chi connectivity index (χ3n) is 4.89. The maximum Gasteiger partial charge on any atom is 0.336 e. The Hall–Kier alpha value is -2.92. The van der Waals surface area contributed by atoms with Crippen molar-refractivity contribution in [2.75, 3.05) is 6.61 Å². The van der Waals surface area contributed by atoms with Gasteiger partial charge in [-0.05, 0) is 36.2 Å². The van der Waals surface area contributed by atoms with Gasteiger partial charge in [-0.1, -0.05) is 54.6 Å². The summed E-state index contributed by atoms with van der Waals surface area (Å²) in [6.07, 6.45) is 1.43. The third kappa shape index (κ3) is 4.57. The summed E-state index contributed by atoms with van der Waals surface area (Å²) in [6.45, 7) is 5.52. The first kappa shape index (κ1) is 20.8. The van der Waals surface area contributed by atoms with Crippen LogP contribution in [0.2, 0.25) is 5.02 Å². The van der Waals surface area contributed by atoms with E-state index in [1.54, 1.807) is 43.3 Å². The van der Waals surface area contributed by atoms with Gasteiger partial charge in [0.1, 0.15) is 12.4 Å². The molecule has 1 amide bonds. The fourth-order valence-corrected chi connectivity index (χ4v) is 3.73. The highest BCUT2D eigenvalue weighted by atomic mass is 35.5. The van der Waals surface area contributed by atoms with Crippen LogP contribution >= 0.6 is 11.6 Å². The van der Waals surface area contributed by atoms with Crippen molar-refractivity contribution in [3.63, 3.8) is 0 Å². The average molecular weight is 414 g/mol. The van der Waals surface area contributed by atoms with Crippen molar-refractivity contribution in [1.82, 2.24) is 4.90 Å². The summed E-state index contributed by atoms with van der Waals surface area (Å²) in [5.41, 5.74) is 1.85. The standard InChI is InChI=1S/C23H21ClFNO3/c1-3-11-29-23(28)22-15(2)26(14-16-7-6-8-17(24)12-16)21(27)13-19(22)18-9-4-5-10-20(18)25/h3-10,12,19H,1,11,13-14H2,2H3/t19-/m0/s1. The number of benzene rings is 2. The molecule has 0 saturated heterocycles. The summed E-state index contributed by atoms with van der Waals surface area (Å²) in [6, 6.07) is 13.3. The smallest absolute Gasteiger partial charge is 0.336 e. The van der Waals surface area contributed by atoms with E-state index in [-0.39, 0.29) is 31.1 Å². The maximum absolute atomic E-state index is 14.5. The summed E-state index contributed by atoms with van der Waals surface area (Å²) in [5.74, 6) is -1.96. The van der Waals surface area contributed by atoms with Crippen LogP contribution in [-0.4, -0.2) is 23.4 Å². The van der Waals surface area contributed by atoms with Gasteiger partial charge in [0.05, 0.1) is 12.1 Å². The van der Waals surface area contributed by atoms with Crippen LogP contribution in [0.25, 0.3) is 0 Å². The van der Waals surface area contributed by atoms with Crippen molar-refractivity contribution in [3.8, 4) is 0 Å². The van der Waals surface area contributed by atoms with Gasteiger partial charge in [-0.25, -0.2) is 9.18 Å². The SMILES string of the molecule is C=CCOC(=O)C1=C(C)N(Cc2cccc(Cl)c2)C(=O)C[C@H]1c1ccccc1F. The number of hydrogen-bond acceptors (Lipinski definition) is 3. The molecule has 6 heteroatoms. The Kier molecular flexibility index (Phi) is 6.49. The fraction of sp³-hybridized carbons (Fsp3) is 0.217. The zero-order valence-electron chi connectivity index (χ0n) is 16.0. The summed E-state index contributed by atoms with van der Waals surface area (Å²) in [7, 11) is 0. The van der Waals surface area contributed by atoms with Gasteiger partial charge < -0.3 is 9.64 Å². The van der Waals surface area contributed by atoms with Crippen LogP contribution in [0, 0.1) is 5.82 Å². The Labute approximate surface area is 174 Å². The van der Waals surface area contributed by atoms with Crippen LogP contribution in [0.15, 0.2) is 72.5 Å². The lowest BCUT2D eigenvalue weighted by atomic mass is 9.83. The molecule has 0 bridgehead atoms. The van der Waals surface area contributed by atoms with Crippen molar-refractivity contribution >= 4 is 23.5 Å². The zero-order valence-corrected chi connectivity index (χ0v) is 16.8. The summed E-state index contributed by atoms with van der Waals surface area (Å²) in [4.78, 5) is 27.3. The Morgan fingerprint density at radius 3 is 2.76 bits per heavy atom. The van der Waals surface area contributed by atoms with Crippen molar-refractivity contribution < 1.29 is 18.7 Å². The monoisotopic (exact) mass is 413 g/mol. The second-order valence-electron chi connectivity index (χ2n) is 6.77. The molecular weight excluding hydrogens is 393 g/mol. The van der Waals surface area contributed by atoms with Gasteiger partial charge in [0.15, 0.2) is 0 Å². The number of carbonyl (C=O) groups excluding carboxylic acids is 2. The normalized spacial score (nSPS) is 16.7. The molecular formula is C23H21ClFNO3. The van der Waals surface area contributed by atoms with Gasteiger partial charge in [0.25, 0.3) is 0 Å². The van der Waals surface area contributed by atoms with Crippen molar-refractivity contribution in [3.05, 3.63) is 94.4 Å². The molecule has 150 valence electrons. The molecule has 2 aromatic rings. The quantitative estimate of drug-likeness (QED) is 0.494. The summed E-state index contributed by atoms with van der Waals surface area (Å²) >= 11 is 6.05. The number of ether oxygens (including phenoxy) is 1. The molecule has 0 spiro atoms. The van der Waals surface area contributed by atoms with Crippen molar-refractivity contribution in [2.45, 2.75) is 25.8 Å². The van der Waals surface area contributed by atoms with Crippen LogP contribution in [0.4, 0.5) is 4.39 Å². The van der Waals surface area contributed by atoms with E-state index in [1.165, 1.54) is 17.0 Å². The van der Waals surface area contributed by atoms with Crippen LogP contribution in [0.3, 0.4) is 0 Å². The molecule has 0 radical (unpaired) electrons. The number of esters is 1. The number of halogens is 2. The Bertz CT molecular complexity index is 986. The molecule has 0 saturated carbocycles. The third-order valence-corrected chi connectivity index (χ3v) is 5.12. The first-order valence-corrected chi connectivity index (χ1v) is 9.58. The number of amides is 1. The highest BCUT2D eigenvalue weighted by molar-refractivity contribution is 6.30. The van der Waals surface area contributed by atoms with Crippen molar-refractivity contribution in [1.29, 1.82) is 0 Å². The average Bonchev–Trinajstić information content (AvgIpc) is 2.69. The molecule has 1 aliphatic rings. The molecule has 0 unspecified atom stereocenters. The lowest BCUT2D eigenvalue weighted by Crippen LogP contribution is -2.38. The molecule has 4 nitrogen and oxygen atoms in total. The predicted molar refractivity (Wildman–Crippen MR) is 110 cm³/mol. The van der Waals surface area contributed by atoms with E-state index in [0.717, 1.165) is 5.56 Å². The second-order valence-corrected chi connectivity index (χ2v) is 7.21. The molecule has 0 aromatic heterocycles. The van der Waals surface area contributed by atoms with E-state index < -0.39 is 17.7 Å². The van der Waals surface area contributed by atoms with Crippen LogP contribution in [0.5, 0.6) is 0 Å². The van der Waals surface area contributed by atoms with Gasteiger partial charge >= 0.3 is 5.97 Å². The molecule has 0 fully saturated rings. The summed E-state index contributed by atoms with van der Waals surface area (Å²) in [5, 5.41) is 0.559. The fourth-order valence-electron chi connectivity index (χ4n) is 3.52. The van der Waals surface area contributed by atoms with Gasteiger partial charge in [-0.2, -0.15) is 0 Å². The zero-order chi connectivity index (χ0) is 21.0. The number of allylic oxidation sites excluding steroid dienone is 1. The molecule has 0 aliphatic carbocycles. The van der Waals surface area contributed by atoms with Crippen molar-refractivity contribution in [2.24, 2.45) is 0 Å². The van der Waals surface area contributed by atoms with Gasteiger partial charge in [-0.15, -0.1) is 0 Å². The molecule has 3 rings (SSSR count). The Morgan fingerprint density at radius 2 is 2.07 bits per heavy atom. The first-order valence-electron chi connectivity index (χ1n) is 9.20. The molecule has 1 atom stereocenters. The predicted octanol–water partition coefficient (Wildman–Crippen LogP) is 5.00. The van der Waals surface area contributed by atoms with E-state index in [4.69, 9.17) is 16.3 Å². The summed E-state index contributed by atoms with van der Waals surface area (Å²) < 4.78 is 19.7. The molecule has 2 aromatic carbocycles. The largest absolute Gasteiger partial charge is 0.458 e. The highest BCUT2D eigenvalue weighted by Crippen LogP contribution is 2.38. The maximum atomic E-state index is 14.5. The van der Waals surface area contributed by atoms with E-state index in [9.17, 15) is 14.0 Å². The number of nitrogens with zero attached hydrogens (tertiary/aromatic N) is 1.